The van der Waals surface area contributed by atoms with Crippen LogP contribution >= 0.6 is 0 Å². The molecule has 0 aliphatic carbocycles. The second-order valence-electron chi connectivity index (χ2n) is 8.02. The Morgan fingerprint density at radius 3 is 2.41 bits per heavy atom. The summed E-state index contributed by atoms with van der Waals surface area (Å²) in [6.07, 6.45) is 3.81. The number of ether oxygens (including phenoxy) is 1. The molecule has 3 N–H and O–H groups in total. The van der Waals surface area contributed by atoms with Crippen molar-refractivity contribution in [2.45, 2.75) is 13.5 Å². The van der Waals surface area contributed by atoms with E-state index in [9.17, 15) is 0 Å². The van der Waals surface area contributed by atoms with Crippen LogP contribution in [0.15, 0.2) is 91.3 Å². The lowest BCUT2D eigenvalue weighted by molar-refractivity contribution is -0.643. The SMILES string of the molecule is CCNc1nccn2c(-c3ccccc3C[NH2+]C)nc(-c3ccc(Oc4ccccc4)cc3)c12. The van der Waals surface area contributed by atoms with E-state index in [-0.39, 0.29) is 0 Å². The number of nitrogens with two attached hydrogens (primary N) is 1. The molecule has 2 aromatic heterocycles. The zero-order chi connectivity index (χ0) is 23.3. The van der Waals surface area contributed by atoms with Crippen LogP contribution in [-0.2, 0) is 6.54 Å². The molecule has 0 atom stereocenters. The van der Waals surface area contributed by atoms with Gasteiger partial charge in [-0.3, -0.25) is 4.40 Å². The lowest BCUT2D eigenvalue weighted by Crippen LogP contribution is -2.77. The number of rotatable bonds is 8. The molecule has 0 saturated heterocycles. The van der Waals surface area contributed by atoms with E-state index >= 15 is 0 Å². The first kappa shape index (κ1) is 21.7. The number of imidazole rings is 1. The molecule has 0 bridgehead atoms. The summed E-state index contributed by atoms with van der Waals surface area (Å²) in [6.45, 7) is 3.74. The lowest BCUT2D eigenvalue weighted by Gasteiger charge is -2.09. The summed E-state index contributed by atoms with van der Waals surface area (Å²) in [5.74, 6) is 3.33. The lowest BCUT2D eigenvalue weighted by atomic mass is 10.1. The Kier molecular flexibility index (Phi) is 6.23. The predicted octanol–water partition coefficient (Wildman–Crippen LogP) is 4.98. The number of nitrogens with zero attached hydrogens (tertiary/aromatic N) is 3. The highest BCUT2D eigenvalue weighted by atomic mass is 16.5. The summed E-state index contributed by atoms with van der Waals surface area (Å²) in [7, 11) is 2.08. The molecule has 0 spiro atoms. The summed E-state index contributed by atoms with van der Waals surface area (Å²) in [4.78, 5) is 9.78. The van der Waals surface area contributed by atoms with Crippen LogP contribution < -0.4 is 15.4 Å². The summed E-state index contributed by atoms with van der Waals surface area (Å²) < 4.78 is 8.12. The van der Waals surface area contributed by atoms with Gasteiger partial charge in [-0.2, -0.15) is 0 Å². The predicted molar refractivity (Wildman–Crippen MR) is 136 cm³/mol. The Balaban J connectivity index is 1.62. The number of hydrogen-bond donors (Lipinski definition) is 2. The third-order valence-electron chi connectivity index (χ3n) is 5.69. The molecule has 170 valence electrons. The van der Waals surface area contributed by atoms with Crippen molar-refractivity contribution in [1.29, 1.82) is 0 Å². The van der Waals surface area contributed by atoms with Gasteiger partial charge in [0.15, 0.2) is 5.82 Å². The molecule has 0 unspecified atom stereocenters. The van der Waals surface area contributed by atoms with Crippen LogP contribution in [0.5, 0.6) is 11.5 Å². The van der Waals surface area contributed by atoms with Crippen LogP contribution in [0.1, 0.15) is 12.5 Å². The maximum atomic E-state index is 5.98. The number of fused-ring (bicyclic) bond motifs is 1. The van der Waals surface area contributed by atoms with E-state index in [1.165, 1.54) is 5.56 Å². The number of aromatic nitrogens is 3. The molecule has 5 aromatic rings. The molecular weight excluding hydrogens is 422 g/mol. The van der Waals surface area contributed by atoms with E-state index in [0.29, 0.717) is 0 Å². The highest BCUT2D eigenvalue weighted by Crippen LogP contribution is 2.35. The minimum atomic E-state index is 0.776. The molecular formula is C28H28N5O+. The largest absolute Gasteiger partial charge is 0.457 e. The average Bonchev–Trinajstić information content (AvgIpc) is 3.26. The summed E-state index contributed by atoms with van der Waals surface area (Å²) >= 11 is 0. The maximum absolute atomic E-state index is 5.98. The van der Waals surface area contributed by atoms with Gasteiger partial charge < -0.3 is 15.4 Å². The van der Waals surface area contributed by atoms with Crippen molar-refractivity contribution in [1.82, 2.24) is 14.4 Å². The minimum absolute atomic E-state index is 0.776. The van der Waals surface area contributed by atoms with E-state index in [1.807, 2.05) is 54.9 Å². The van der Waals surface area contributed by atoms with Crippen LogP contribution in [-0.4, -0.2) is 28.0 Å². The first-order valence-electron chi connectivity index (χ1n) is 11.6. The second-order valence-corrected chi connectivity index (χ2v) is 8.02. The molecule has 34 heavy (non-hydrogen) atoms. The normalized spacial score (nSPS) is 11.0. The first-order valence-corrected chi connectivity index (χ1v) is 11.6. The number of hydrogen-bond acceptors (Lipinski definition) is 4. The molecule has 0 fully saturated rings. The summed E-state index contributed by atoms with van der Waals surface area (Å²) in [6, 6.07) is 26.3. The van der Waals surface area contributed by atoms with Crippen molar-refractivity contribution in [3.05, 3.63) is 96.8 Å². The van der Waals surface area contributed by atoms with Crippen molar-refractivity contribution in [3.8, 4) is 34.1 Å². The fraction of sp³-hybridized carbons (Fsp3) is 0.143. The Morgan fingerprint density at radius 1 is 0.912 bits per heavy atom. The average molecular weight is 451 g/mol. The molecule has 5 rings (SSSR count). The molecule has 0 aliphatic heterocycles. The van der Waals surface area contributed by atoms with Crippen molar-refractivity contribution in [2.75, 3.05) is 18.9 Å². The zero-order valence-electron chi connectivity index (χ0n) is 19.4. The Morgan fingerprint density at radius 2 is 1.65 bits per heavy atom. The highest BCUT2D eigenvalue weighted by Gasteiger charge is 2.20. The molecule has 0 amide bonds. The Hall–Kier alpha value is -4.16. The van der Waals surface area contributed by atoms with Crippen LogP contribution in [0, 0.1) is 0 Å². The van der Waals surface area contributed by atoms with Gasteiger partial charge in [0.05, 0.1) is 7.05 Å². The van der Waals surface area contributed by atoms with Gasteiger partial charge in [-0.25, -0.2) is 9.97 Å². The van der Waals surface area contributed by atoms with Crippen molar-refractivity contribution >= 4 is 11.3 Å². The fourth-order valence-electron chi connectivity index (χ4n) is 4.17. The van der Waals surface area contributed by atoms with Gasteiger partial charge in [-0.05, 0) is 43.3 Å². The molecule has 0 aliphatic rings. The van der Waals surface area contributed by atoms with Crippen LogP contribution in [0.3, 0.4) is 0 Å². The highest BCUT2D eigenvalue weighted by molar-refractivity contribution is 5.89. The van der Waals surface area contributed by atoms with Crippen LogP contribution in [0.2, 0.25) is 0 Å². The third kappa shape index (κ3) is 4.23. The molecule has 0 radical (unpaired) electrons. The topological polar surface area (TPSA) is 68.1 Å². The number of benzene rings is 3. The van der Waals surface area contributed by atoms with E-state index in [2.05, 4.69) is 70.4 Å². The quantitative estimate of drug-likeness (QED) is 0.350. The number of quaternary nitrogens is 1. The van der Waals surface area contributed by atoms with Crippen molar-refractivity contribution < 1.29 is 10.1 Å². The summed E-state index contributed by atoms with van der Waals surface area (Å²) in [5.41, 5.74) is 5.24. The number of nitrogens with one attached hydrogen (secondary N) is 1. The Bertz CT molecular complexity index is 1390. The van der Waals surface area contributed by atoms with Crippen LogP contribution in [0.4, 0.5) is 5.82 Å². The molecule has 6 nitrogen and oxygen atoms in total. The molecule has 0 saturated carbocycles. The van der Waals surface area contributed by atoms with Crippen molar-refractivity contribution in [3.63, 3.8) is 0 Å². The van der Waals surface area contributed by atoms with Crippen LogP contribution in [0.25, 0.3) is 28.2 Å². The Labute approximate surface area is 199 Å². The third-order valence-corrected chi connectivity index (χ3v) is 5.69. The van der Waals surface area contributed by atoms with Gasteiger partial charge in [0, 0.05) is 35.6 Å². The van der Waals surface area contributed by atoms with Gasteiger partial charge in [-0.1, -0.05) is 42.5 Å². The number of para-hydroxylation sites is 1. The molecule has 6 heteroatoms. The van der Waals surface area contributed by atoms with Gasteiger partial charge in [0.25, 0.3) is 0 Å². The first-order chi connectivity index (χ1) is 16.8. The van der Waals surface area contributed by atoms with E-state index in [0.717, 1.165) is 58.6 Å². The monoisotopic (exact) mass is 450 g/mol. The smallest absolute Gasteiger partial charge is 0.152 e. The molecule has 2 heterocycles. The van der Waals surface area contributed by atoms with Gasteiger partial charge in [0.2, 0.25) is 0 Å². The van der Waals surface area contributed by atoms with Gasteiger partial charge in [0.1, 0.15) is 35.1 Å². The standard InChI is InChI=1S/C28H27N5O/c1-3-30-27-26-25(20-13-15-23(16-14-20)34-22-10-5-4-6-11-22)32-28(33(26)18-17-31-27)24-12-8-7-9-21(24)19-29-2/h4-18,29H,3,19H2,1-2H3,(H,30,31)/p+1. The minimum Gasteiger partial charge on any atom is -0.457 e. The fourth-order valence-corrected chi connectivity index (χ4v) is 4.17. The zero-order valence-corrected chi connectivity index (χ0v) is 19.4. The van der Waals surface area contributed by atoms with E-state index in [1.54, 1.807) is 0 Å². The summed E-state index contributed by atoms with van der Waals surface area (Å²) in [5, 5.41) is 5.58. The maximum Gasteiger partial charge on any atom is 0.152 e. The van der Waals surface area contributed by atoms with E-state index in [4.69, 9.17) is 9.72 Å². The second kappa shape index (κ2) is 9.77. The van der Waals surface area contributed by atoms with Gasteiger partial charge >= 0.3 is 0 Å². The van der Waals surface area contributed by atoms with Gasteiger partial charge in [-0.15, -0.1) is 0 Å². The number of anilines is 1. The van der Waals surface area contributed by atoms with Crippen molar-refractivity contribution in [2.24, 2.45) is 0 Å². The van der Waals surface area contributed by atoms with E-state index < -0.39 is 0 Å². The molecule has 3 aromatic carbocycles.